The van der Waals surface area contributed by atoms with E-state index >= 15 is 0 Å². The SMILES string of the molecule is CN(C)CCN(C)C(=O)c1cc2c(ccc3nncn32)n1Cc1cccc(Cl)c1. The van der Waals surface area contributed by atoms with E-state index in [9.17, 15) is 4.79 Å². The van der Waals surface area contributed by atoms with Gasteiger partial charge in [-0.25, -0.2) is 0 Å². The Morgan fingerprint density at radius 1 is 1.07 bits per heavy atom. The van der Waals surface area contributed by atoms with Crippen LogP contribution < -0.4 is 0 Å². The Kier molecular flexibility index (Phi) is 5.25. The number of benzene rings is 1. The molecule has 4 rings (SSSR count). The topological polar surface area (TPSA) is 58.7 Å². The van der Waals surface area contributed by atoms with E-state index in [4.69, 9.17) is 11.6 Å². The number of hydrogen-bond donors (Lipinski definition) is 0. The average Bonchev–Trinajstić information content (AvgIpc) is 3.30. The molecule has 4 aromatic rings. The molecule has 0 unspecified atom stereocenters. The van der Waals surface area contributed by atoms with Crippen LogP contribution in [-0.2, 0) is 6.54 Å². The van der Waals surface area contributed by atoms with Crippen LogP contribution in [0.5, 0.6) is 0 Å². The molecule has 1 aromatic carbocycles. The number of hydrogen-bond acceptors (Lipinski definition) is 4. The van der Waals surface area contributed by atoms with Crippen LogP contribution in [0.3, 0.4) is 0 Å². The second-order valence-corrected chi connectivity index (χ2v) is 7.88. The highest BCUT2D eigenvalue weighted by Crippen LogP contribution is 2.24. The third kappa shape index (κ3) is 3.83. The molecule has 0 N–H and O–H groups in total. The molecule has 3 heterocycles. The zero-order valence-corrected chi connectivity index (χ0v) is 17.5. The molecule has 1 amide bonds. The average molecular weight is 411 g/mol. The maximum atomic E-state index is 13.3. The van der Waals surface area contributed by atoms with E-state index in [1.54, 1.807) is 11.2 Å². The van der Waals surface area contributed by atoms with Crippen molar-refractivity contribution in [1.29, 1.82) is 0 Å². The fraction of sp³-hybridized carbons (Fsp3) is 0.286. The van der Waals surface area contributed by atoms with Crippen molar-refractivity contribution in [1.82, 2.24) is 29.0 Å². The highest BCUT2D eigenvalue weighted by molar-refractivity contribution is 6.30. The van der Waals surface area contributed by atoms with Crippen molar-refractivity contribution in [3.05, 3.63) is 65.1 Å². The number of carbonyl (C=O) groups excluding carboxylic acids is 1. The third-order valence-electron chi connectivity index (χ3n) is 5.02. The Hall–Kier alpha value is -2.90. The quantitative estimate of drug-likeness (QED) is 0.490. The van der Waals surface area contributed by atoms with E-state index in [-0.39, 0.29) is 5.91 Å². The summed E-state index contributed by atoms with van der Waals surface area (Å²) in [5.41, 5.74) is 4.25. The van der Waals surface area contributed by atoms with Gasteiger partial charge in [0.05, 0.1) is 11.0 Å². The molecule has 0 atom stereocenters. The number of aromatic nitrogens is 4. The maximum Gasteiger partial charge on any atom is 0.270 e. The Morgan fingerprint density at radius 3 is 2.66 bits per heavy atom. The van der Waals surface area contributed by atoms with Gasteiger partial charge in [-0.3, -0.25) is 9.20 Å². The first-order valence-corrected chi connectivity index (χ1v) is 9.78. The molecular formula is C21H23ClN6O. The largest absolute Gasteiger partial charge is 0.339 e. The summed E-state index contributed by atoms with van der Waals surface area (Å²) in [5, 5.41) is 8.79. The van der Waals surface area contributed by atoms with E-state index < -0.39 is 0 Å². The van der Waals surface area contributed by atoms with Crippen molar-refractivity contribution in [2.75, 3.05) is 34.2 Å². The fourth-order valence-electron chi connectivity index (χ4n) is 3.43. The molecule has 0 bridgehead atoms. The molecule has 0 aliphatic carbocycles. The van der Waals surface area contributed by atoms with Gasteiger partial charge in [-0.15, -0.1) is 10.2 Å². The van der Waals surface area contributed by atoms with Crippen LogP contribution in [0, 0.1) is 0 Å². The van der Waals surface area contributed by atoms with Gasteiger partial charge in [0, 0.05) is 31.7 Å². The molecule has 0 radical (unpaired) electrons. The van der Waals surface area contributed by atoms with Gasteiger partial charge < -0.3 is 14.4 Å². The van der Waals surface area contributed by atoms with Gasteiger partial charge in [0.2, 0.25) is 0 Å². The number of carbonyl (C=O) groups is 1. The summed E-state index contributed by atoms with van der Waals surface area (Å²) in [7, 11) is 5.83. The molecule has 0 spiro atoms. The van der Waals surface area contributed by atoms with E-state index in [1.165, 1.54) is 0 Å². The summed E-state index contributed by atoms with van der Waals surface area (Å²) in [6, 6.07) is 13.5. The predicted octanol–water partition coefficient (Wildman–Crippen LogP) is 3.02. The number of halogens is 1. The fourth-order valence-corrected chi connectivity index (χ4v) is 3.64. The Bertz CT molecular complexity index is 1180. The van der Waals surface area contributed by atoms with Crippen molar-refractivity contribution >= 4 is 34.2 Å². The van der Waals surface area contributed by atoms with E-state index in [0.29, 0.717) is 23.8 Å². The minimum atomic E-state index is -0.0219. The van der Waals surface area contributed by atoms with Gasteiger partial charge in [0.1, 0.15) is 12.0 Å². The van der Waals surface area contributed by atoms with Gasteiger partial charge >= 0.3 is 0 Å². The lowest BCUT2D eigenvalue weighted by atomic mass is 10.2. The van der Waals surface area contributed by atoms with Gasteiger partial charge in [0.25, 0.3) is 5.91 Å². The molecule has 0 saturated carbocycles. The van der Waals surface area contributed by atoms with Crippen LogP contribution in [0.4, 0.5) is 0 Å². The van der Waals surface area contributed by atoms with Crippen molar-refractivity contribution in [2.24, 2.45) is 0 Å². The van der Waals surface area contributed by atoms with Crippen LogP contribution in [0.2, 0.25) is 5.02 Å². The van der Waals surface area contributed by atoms with Crippen molar-refractivity contribution < 1.29 is 4.79 Å². The van der Waals surface area contributed by atoms with Crippen LogP contribution in [0.1, 0.15) is 16.1 Å². The number of rotatable bonds is 6. The normalized spacial score (nSPS) is 11.6. The first kappa shape index (κ1) is 19.4. The van der Waals surface area contributed by atoms with Crippen molar-refractivity contribution in [3.63, 3.8) is 0 Å². The lowest BCUT2D eigenvalue weighted by Gasteiger charge is -2.20. The summed E-state index contributed by atoms with van der Waals surface area (Å²) in [6.07, 6.45) is 1.67. The lowest BCUT2D eigenvalue weighted by molar-refractivity contribution is 0.0776. The van der Waals surface area contributed by atoms with Gasteiger partial charge in [-0.2, -0.15) is 0 Å². The zero-order chi connectivity index (χ0) is 20.5. The number of fused-ring (bicyclic) bond motifs is 3. The third-order valence-corrected chi connectivity index (χ3v) is 5.25. The smallest absolute Gasteiger partial charge is 0.270 e. The molecule has 0 aliphatic heterocycles. The minimum Gasteiger partial charge on any atom is -0.339 e. The number of amides is 1. The second-order valence-electron chi connectivity index (χ2n) is 7.44. The standard InChI is InChI=1S/C21H23ClN6O/c1-25(2)9-10-26(3)21(29)19-12-18-17(7-8-20-24-23-14-28(18)20)27(19)13-15-5-4-6-16(22)11-15/h4-8,11-12,14H,9-10,13H2,1-3H3. The van der Waals surface area contributed by atoms with Crippen LogP contribution >= 0.6 is 11.6 Å². The summed E-state index contributed by atoms with van der Waals surface area (Å²) >= 11 is 6.18. The van der Waals surface area contributed by atoms with E-state index in [0.717, 1.165) is 28.8 Å². The molecule has 0 aliphatic rings. The molecular weight excluding hydrogens is 388 g/mol. The Balaban J connectivity index is 1.81. The predicted molar refractivity (Wildman–Crippen MR) is 115 cm³/mol. The Labute approximate surface area is 174 Å². The van der Waals surface area contributed by atoms with Gasteiger partial charge in [0.15, 0.2) is 5.65 Å². The summed E-state index contributed by atoms with van der Waals surface area (Å²) < 4.78 is 3.94. The zero-order valence-electron chi connectivity index (χ0n) is 16.7. The second kappa shape index (κ2) is 7.85. The number of nitrogens with zero attached hydrogens (tertiary/aromatic N) is 6. The number of pyridine rings is 1. The first-order valence-electron chi connectivity index (χ1n) is 9.40. The summed E-state index contributed by atoms with van der Waals surface area (Å²) in [6.45, 7) is 1.99. The molecule has 7 nitrogen and oxygen atoms in total. The van der Waals surface area contributed by atoms with Crippen molar-refractivity contribution in [3.8, 4) is 0 Å². The molecule has 0 fully saturated rings. The molecule has 29 heavy (non-hydrogen) atoms. The lowest BCUT2D eigenvalue weighted by Crippen LogP contribution is -2.34. The molecule has 0 saturated heterocycles. The van der Waals surface area contributed by atoms with Gasteiger partial charge in [-0.05, 0) is 50.0 Å². The highest BCUT2D eigenvalue weighted by atomic mass is 35.5. The minimum absolute atomic E-state index is 0.0219. The van der Waals surface area contributed by atoms with E-state index in [1.807, 2.05) is 72.6 Å². The monoisotopic (exact) mass is 410 g/mol. The van der Waals surface area contributed by atoms with Crippen LogP contribution in [0.25, 0.3) is 16.7 Å². The molecule has 8 heteroatoms. The number of likely N-dealkylation sites (N-methyl/N-ethyl adjacent to an activating group) is 2. The van der Waals surface area contributed by atoms with Crippen LogP contribution in [0.15, 0.2) is 48.8 Å². The summed E-state index contributed by atoms with van der Waals surface area (Å²) in [4.78, 5) is 17.1. The molecule has 150 valence electrons. The highest BCUT2D eigenvalue weighted by Gasteiger charge is 2.21. The maximum absolute atomic E-state index is 13.3. The Morgan fingerprint density at radius 2 is 1.90 bits per heavy atom. The van der Waals surface area contributed by atoms with Gasteiger partial charge in [-0.1, -0.05) is 23.7 Å². The van der Waals surface area contributed by atoms with E-state index in [2.05, 4.69) is 15.1 Å². The van der Waals surface area contributed by atoms with Crippen molar-refractivity contribution in [2.45, 2.75) is 6.54 Å². The molecule has 3 aromatic heterocycles. The van der Waals surface area contributed by atoms with Crippen LogP contribution in [-0.4, -0.2) is 69.1 Å². The summed E-state index contributed by atoms with van der Waals surface area (Å²) in [5.74, 6) is -0.0219. The first-order chi connectivity index (χ1) is 13.9.